The molecule has 5 heteroatoms. The number of aromatic amines is 1. The molecule has 0 bridgehead atoms. The molecule has 3 heterocycles. The molecule has 0 radical (unpaired) electrons. The number of rotatable bonds is 3. The van der Waals surface area contributed by atoms with Gasteiger partial charge < -0.3 is 9.47 Å². The van der Waals surface area contributed by atoms with Crippen molar-refractivity contribution in [1.29, 1.82) is 0 Å². The smallest absolute Gasteiger partial charge is 0.227 e. The largest absolute Gasteiger partial charge is 0.348 e. The third-order valence-electron chi connectivity index (χ3n) is 4.48. The molecule has 2 aromatic heterocycles. The van der Waals surface area contributed by atoms with E-state index in [4.69, 9.17) is 0 Å². The fraction of sp³-hybridized carbons (Fsp3) is 0.500. The number of nitrogens with zero attached hydrogens (tertiary/aromatic N) is 3. The van der Waals surface area contributed by atoms with Crippen molar-refractivity contribution >= 4 is 5.91 Å². The Labute approximate surface area is 125 Å². The average Bonchev–Trinajstić information content (AvgIpc) is 3.07. The quantitative estimate of drug-likeness (QED) is 0.941. The van der Waals surface area contributed by atoms with E-state index in [0.29, 0.717) is 6.42 Å². The van der Waals surface area contributed by atoms with Crippen molar-refractivity contribution in [1.82, 2.24) is 19.7 Å². The molecule has 0 fully saturated rings. The van der Waals surface area contributed by atoms with Crippen LogP contribution in [0.5, 0.6) is 0 Å². The first kappa shape index (κ1) is 13.9. The number of aromatic nitrogens is 3. The van der Waals surface area contributed by atoms with Crippen molar-refractivity contribution < 1.29 is 4.79 Å². The van der Waals surface area contributed by atoms with Gasteiger partial charge in [0.05, 0.1) is 18.2 Å². The molecule has 112 valence electrons. The zero-order valence-corrected chi connectivity index (χ0v) is 12.9. The van der Waals surface area contributed by atoms with Gasteiger partial charge in [-0.05, 0) is 32.4 Å². The van der Waals surface area contributed by atoms with Crippen LogP contribution in [-0.2, 0) is 17.8 Å². The predicted octanol–water partition coefficient (Wildman–Crippen LogP) is 2.36. The lowest BCUT2D eigenvalue weighted by Crippen LogP contribution is -2.42. The molecule has 2 aromatic rings. The number of H-pyrrole nitrogens is 1. The van der Waals surface area contributed by atoms with Crippen LogP contribution in [0.15, 0.2) is 18.3 Å². The highest BCUT2D eigenvalue weighted by Crippen LogP contribution is 2.29. The lowest BCUT2D eigenvalue weighted by atomic mass is 10.0. The maximum absolute atomic E-state index is 12.7. The van der Waals surface area contributed by atoms with Gasteiger partial charge >= 0.3 is 0 Å². The van der Waals surface area contributed by atoms with E-state index >= 15 is 0 Å². The van der Waals surface area contributed by atoms with E-state index in [1.54, 1.807) is 0 Å². The lowest BCUT2D eigenvalue weighted by molar-refractivity contribution is -0.134. The second kappa shape index (κ2) is 5.39. The second-order valence-corrected chi connectivity index (χ2v) is 5.73. The molecule has 0 spiro atoms. The van der Waals surface area contributed by atoms with Crippen LogP contribution < -0.4 is 0 Å². The van der Waals surface area contributed by atoms with E-state index in [2.05, 4.69) is 40.0 Å². The summed E-state index contributed by atoms with van der Waals surface area (Å²) in [5, 5.41) is 7.14. The SMILES string of the molecule is CC[C@H]1c2cccn2CCN1C(=O)Cc1c(C)n[nH]c1C. The molecule has 1 atom stereocenters. The number of aryl methyl sites for hydroxylation is 2. The van der Waals surface area contributed by atoms with Crippen LogP contribution in [0.2, 0.25) is 0 Å². The predicted molar refractivity (Wildman–Crippen MR) is 80.9 cm³/mol. The summed E-state index contributed by atoms with van der Waals surface area (Å²) in [6.07, 6.45) is 3.48. The molecule has 0 saturated heterocycles. The molecule has 0 saturated carbocycles. The number of hydrogen-bond donors (Lipinski definition) is 1. The molecule has 3 rings (SSSR count). The zero-order valence-electron chi connectivity index (χ0n) is 12.9. The highest BCUT2D eigenvalue weighted by Gasteiger charge is 2.29. The van der Waals surface area contributed by atoms with Crippen LogP contribution in [0.1, 0.15) is 42.0 Å². The van der Waals surface area contributed by atoms with Gasteiger partial charge in [0.1, 0.15) is 0 Å². The minimum absolute atomic E-state index is 0.189. The lowest BCUT2D eigenvalue weighted by Gasteiger charge is -2.36. The van der Waals surface area contributed by atoms with E-state index in [0.717, 1.165) is 36.5 Å². The average molecular weight is 286 g/mol. The summed E-state index contributed by atoms with van der Waals surface area (Å²) in [6, 6.07) is 4.38. The zero-order chi connectivity index (χ0) is 15.0. The van der Waals surface area contributed by atoms with Crippen molar-refractivity contribution in [3.63, 3.8) is 0 Å². The van der Waals surface area contributed by atoms with E-state index in [1.807, 2.05) is 18.7 Å². The van der Waals surface area contributed by atoms with Crippen LogP contribution in [0.3, 0.4) is 0 Å². The standard InChI is InChI=1S/C16H22N4O/c1-4-14-15-6-5-7-19(15)8-9-20(14)16(21)10-13-11(2)17-18-12(13)3/h5-7,14H,4,8-10H2,1-3H3,(H,17,18)/t14-/m0/s1. The Morgan fingerprint density at radius 3 is 2.90 bits per heavy atom. The van der Waals surface area contributed by atoms with Crippen molar-refractivity contribution in [3.8, 4) is 0 Å². The Morgan fingerprint density at radius 1 is 1.43 bits per heavy atom. The third kappa shape index (κ3) is 2.37. The topological polar surface area (TPSA) is 53.9 Å². The number of nitrogens with one attached hydrogen (secondary N) is 1. The Hall–Kier alpha value is -2.04. The molecule has 1 aliphatic heterocycles. The summed E-state index contributed by atoms with van der Waals surface area (Å²) in [7, 11) is 0. The van der Waals surface area contributed by atoms with Gasteiger partial charge in [-0.15, -0.1) is 0 Å². The van der Waals surface area contributed by atoms with Gasteiger partial charge in [-0.25, -0.2) is 0 Å². The Morgan fingerprint density at radius 2 is 2.24 bits per heavy atom. The molecule has 21 heavy (non-hydrogen) atoms. The second-order valence-electron chi connectivity index (χ2n) is 5.73. The summed E-state index contributed by atoms with van der Waals surface area (Å²) in [4.78, 5) is 14.8. The van der Waals surface area contributed by atoms with Crippen molar-refractivity contribution in [2.45, 2.75) is 46.2 Å². The van der Waals surface area contributed by atoms with Gasteiger partial charge in [0.2, 0.25) is 5.91 Å². The van der Waals surface area contributed by atoms with Crippen molar-refractivity contribution in [2.24, 2.45) is 0 Å². The van der Waals surface area contributed by atoms with Crippen LogP contribution in [-0.4, -0.2) is 32.1 Å². The number of hydrogen-bond acceptors (Lipinski definition) is 2. The fourth-order valence-corrected chi connectivity index (χ4v) is 3.28. The molecule has 5 nitrogen and oxygen atoms in total. The molecular formula is C16H22N4O. The number of fused-ring (bicyclic) bond motifs is 1. The van der Waals surface area contributed by atoms with Crippen LogP contribution >= 0.6 is 0 Å². The Bertz CT molecular complexity index is 636. The highest BCUT2D eigenvalue weighted by molar-refractivity contribution is 5.80. The monoisotopic (exact) mass is 286 g/mol. The summed E-state index contributed by atoms with van der Waals surface area (Å²) in [5.41, 5.74) is 4.21. The Kier molecular flexibility index (Phi) is 3.57. The maximum atomic E-state index is 12.7. The van der Waals surface area contributed by atoms with E-state index < -0.39 is 0 Å². The normalized spacial score (nSPS) is 17.9. The van der Waals surface area contributed by atoms with Gasteiger partial charge in [-0.2, -0.15) is 5.10 Å². The number of carbonyl (C=O) groups excluding carboxylic acids is 1. The van der Waals surface area contributed by atoms with Gasteiger partial charge in [0.25, 0.3) is 0 Å². The number of carbonyl (C=O) groups is 1. The van der Waals surface area contributed by atoms with E-state index in [-0.39, 0.29) is 11.9 Å². The van der Waals surface area contributed by atoms with Gasteiger partial charge in [0, 0.05) is 36.2 Å². The molecule has 1 N–H and O–H groups in total. The molecular weight excluding hydrogens is 264 g/mol. The molecule has 1 amide bonds. The summed E-state index contributed by atoms with van der Waals surface area (Å²) in [5.74, 6) is 0.196. The molecule has 1 aliphatic rings. The van der Waals surface area contributed by atoms with Crippen LogP contribution in [0.4, 0.5) is 0 Å². The number of amides is 1. The first-order chi connectivity index (χ1) is 10.1. The molecule has 0 aromatic carbocycles. The van der Waals surface area contributed by atoms with Gasteiger partial charge in [0.15, 0.2) is 0 Å². The summed E-state index contributed by atoms with van der Waals surface area (Å²) in [6.45, 7) is 7.73. The van der Waals surface area contributed by atoms with Gasteiger partial charge in [-0.3, -0.25) is 9.89 Å². The van der Waals surface area contributed by atoms with Crippen LogP contribution in [0.25, 0.3) is 0 Å². The maximum Gasteiger partial charge on any atom is 0.227 e. The van der Waals surface area contributed by atoms with Crippen molar-refractivity contribution in [2.75, 3.05) is 6.54 Å². The third-order valence-corrected chi connectivity index (χ3v) is 4.48. The molecule has 0 unspecified atom stereocenters. The summed E-state index contributed by atoms with van der Waals surface area (Å²) >= 11 is 0. The van der Waals surface area contributed by atoms with Crippen molar-refractivity contribution in [3.05, 3.63) is 41.0 Å². The summed E-state index contributed by atoms with van der Waals surface area (Å²) < 4.78 is 2.26. The minimum Gasteiger partial charge on any atom is -0.348 e. The Balaban J connectivity index is 1.82. The fourth-order valence-electron chi connectivity index (χ4n) is 3.28. The van der Waals surface area contributed by atoms with E-state index in [9.17, 15) is 4.79 Å². The first-order valence-electron chi connectivity index (χ1n) is 7.56. The van der Waals surface area contributed by atoms with Crippen LogP contribution in [0, 0.1) is 13.8 Å². The molecule has 0 aliphatic carbocycles. The highest BCUT2D eigenvalue weighted by atomic mass is 16.2. The minimum atomic E-state index is 0.189. The first-order valence-corrected chi connectivity index (χ1v) is 7.56. The van der Waals surface area contributed by atoms with Gasteiger partial charge in [-0.1, -0.05) is 6.92 Å². The van der Waals surface area contributed by atoms with E-state index in [1.165, 1.54) is 5.69 Å².